The van der Waals surface area contributed by atoms with Crippen LogP contribution in [-0.2, 0) is 107 Å². The molecular formula is C87H126N22O23. The molecule has 1 saturated heterocycles. The summed E-state index contributed by atoms with van der Waals surface area (Å²) >= 11 is 0. The number of para-hydroxylation sites is 1. The van der Waals surface area contributed by atoms with Crippen LogP contribution in [0.2, 0.25) is 0 Å². The molecule has 6 rings (SSSR count). The Kier molecular flexibility index (Phi) is 43.4. The molecule has 0 bridgehead atoms. The van der Waals surface area contributed by atoms with Crippen molar-refractivity contribution in [2.45, 2.75) is 242 Å². The second-order valence-electron chi connectivity index (χ2n) is 33.3. The number of carbonyl (C=O) groups is 17. The number of aliphatic hydroxyl groups is 2. The number of phenolic OH excluding ortho intramolecular Hbond substituents is 1. The highest BCUT2D eigenvalue weighted by Crippen LogP contribution is 2.24. The molecule has 2 aromatic heterocycles. The van der Waals surface area contributed by atoms with Gasteiger partial charge in [0.1, 0.15) is 90.3 Å². The van der Waals surface area contributed by atoms with Gasteiger partial charge < -0.3 is 137 Å². The number of aromatic hydroxyl groups is 1. The maximum Gasteiger partial charge on any atom is 0.326 e. The summed E-state index contributed by atoms with van der Waals surface area (Å²) < 4.78 is 0. The van der Waals surface area contributed by atoms with E-state index in [1.54, 1.807) is 102 Å². The molecule has 3 heterocycles. The number of likely N-dealkylation sites (tertiary alicyclic amines) is 1. The van der Waals surface area contributed by atoms with Crippen LogP contribution in [0, 0.1) is 23.2 Å². The number of fused-ring (bicyclic) bond motifs is 1. The molecule has 1 aliphatic heterocycles. The number of benzene rings is 3. The number of nitrogens with two attached hydrogens (primary N) is 3. The Morgan fingerprint density at radius 3 is 1.64 bits per heavy atom. The lowest BCUT2D eigenvalue weighted by Crippen LogP contribution is -2.62. The number of carbonyl (C=O) groups excluding carboxylic acids is 14. The molecule has 1 aliphatic rings. The minimum absolute atomic E-state index is 0.00280. The number of rotatable bonds is 56. The average Bonchev–Trinajstić information content (AvgIpc) is 1.68. The van der Waals surface area contributed by atoms with Gasteiger partial charge in [-0.15, -0.1) is 0 Å². The van der Waals surface area contributed by atoms with Crippen molar-refractivity contribution in [1.29, 1.82) is 5.41 Å². The third-order valence-electron chi connectivity index (χ3n) is 22.0. The molecule has 16 atom stereocenters. The number of nitrogens with one attached hydrogen (secondary N) is 17. The number of aliphatic hydroxyl groups excluding tert-OH is 2. The fraction of sp³-hybridized carbons (Fsp3) is 0.529. The lowest BCUT2D eigenvalue weighted by Gasteiger charge is -2.31. The topological polar surface area (TPSA) is 730 Å². The highest BCUT2D eigenvalue weighted by Gasteiger charge is 2.42. The monoisotopic (exact) mass is 1850 g/mol. The molecule has 45 nitrogen and oxygen atoms in total. The standard InChI is InChI=1S/C87H126N22O23/c1-8-47(6)71(107-80(125)64(39-69(116)117)97-67(113)42-95-81(126)66-24-17-33-109(66)85(130)59(23-16-32-93-87(90)91)100-74(119)57(22-14-15-31-88)98-75(120)58(29-30-68(114)115)99-84(129)72(48(7)111)108-73(118)55(89)43-110)83(128)106-70(46(4)5)82(127)104-60(34-45(2)3)76(121)101-61(35-49-18-10-9-11-19-49)77(122)102-62(36-50-25-27-53(112)28-26-50)78(123)103-63(37-51-40-94-56-21-13-12-20-54(51)56)79(124)105-65(86(131)132)38-52-41-92-44-96-52/h9-13,18-21,25-28,40-41,44-48,55,57-66,70-72,94,110-112H,8,14-17,22-24,29-39,42-43,88-89H2,1-7H3,(H,92,96)(H,95,126)(H,97,113)(H,98,120)(H,99,129)(H,100,119)(H,101,121)(H,102,122)(H,103,123)(H,104,127)(H,105,124)(H,106,128)(H,107,125)(H,108,118)(H,114,115)(H,116,117)(H,131,132)(H4,90,91,93)/t47-,48+,55-,57-,58-,59-,60-,61-,62-,63-,64-,65-,66-,70-,71-,72-/m0/s1. The van der Waals surface area contributed by atoms with Gasteiger partial charge >= 0.3 is 17.9 Å². The second-order valence-corrected chi connectivity index (χ2v) is 33.3. The van der Waals surface area contributed by atoms with Crippen LogP contribution >= 0.6 is 0 Å². The van der Waals surface area contributed by atoms with Gasteiger partial charge in [0.25, 0.3) is 0 Å². The van der Waals surface area contributed by atoms with E-state index in [4.69, 9.17) is 22.6 Å². The number of nitrogens with zero attached hydrogens (tertiary/aromatic N) is 2. The van der Waals surface area contributed by atoms with Crippen molar-refractivity contribution in [1.82, 2.24) is 94.3 Å². The molecule has 0 saturated carbocycles. The molecule has 5 aromatic rings. The molecule has 722 valence electrons. The number of guanidine groups is 1. The van der Waals surface area contributed by atoms with Crippen LogP contribution < -0.4 is 91.6 Å². The lowest BCUT2D eigenvalue weighted by molar-refractivity contribution is -0.142. The maximum atomic E-state index is 15.1. The van der Waals surface area contributed by atoms with Crippen molar-refractivity contribution in [3.05, 3.63) is 120 Å². The van der Waals surface area contributed by atoms with E-state index in [0.717, 1.165) is 11.8 Å². The summed E-state index contributed by atoms with van der Waals surface area (Å²) in [5, 5.41) is 104. The zero-order valence-electron chi connectivity index (χ0n) is 74.7. The number of aliphatic carboxylic acids is 3. The molecule has 0 radical (unpaired) electrons. The first-order valence-electron chi connectivity index (χ1n) is 43.7. The number of hydrogen-bond donors (Lipinski definition) is 26. The van der Waals surface area contributed by atoms with E-state index in [1.165, 1.54) is 36.8 Å². The van der Waals surface area contributed by atoms with Crippen LogP contribution in [0.3, 0.4) is 0 Å². The van der Waals surface area contributed by atoms with Crippen molar-refractivity contribution < 1.29 is 112 Å². The van der Waals surface area contributed by atoms with Crippen LogP contribution in [0.25, 0.3) is 10.9 Å². The SMILES string of the molecule is CC[C@H](C)[C@H](NC(=O)[C@H](CC(=O)O)NC(=O)CNC(=O)[C@@H]1CCCN1C(=O)[C@H](CCCNC(=N)N)NC(=O)[C@H](CCCCN)NC(=O)[C@H](CCC(=O)O)NC(=O)[C@@H](NC(=O)[C@@H](N)CO)[C@@H](C)O)C(=O)N[C@H](C(=O)N[C@@H](CC(C)C)C(=O)N[C@@H](Cc1ccccc1)C(=O)N[C@@H](Cc1ccc(O)cc1)C(=O)N[C@@H](Cc1c[nH]c2ccccc12)C(=O)N[C@@H](Cc1c[nH]cn1)C(=O)O)C(C)C. The highest BCUT2D eigenvalue weighted by atomic mass is 16.4. The summed E-state index contributed by atoms with van der Waals surface area (Å²) in [4.78, 5) is 249. The van der Waals surface area contributed by atoms with Crippen LogP contribution in [0.15, 0.2) is 97.6 Å². The molecule has 0 aliphatic carbocycles. The fourth-order valence-corrected chi connectivity index (χ4v) is 14.5. The van der Waals surface area contributed by atoms with Gasteiger partial charge in [0.05, 0.1) is 37.7 Å². The summed E-state index contributed by atoms with van der Waals surface area (Å²) in [6, 6.07) is -0.564. The Morgan fingerprint density at radius 1 is 0.545 bits per heavy atom. The minimum atomic E-state index is -1.93. The van der Waals surface area contributed by atoms with Crippen molar-refractivity contribution in [3.63, 3.8) is 0 Å². The Hall–Kier alpha value is -13.7. The number of phenols is 1. The molecule has 45 heteroatoms. The number of aromatic nitrogens is 3. The number of imidazole rings is 1. The number of carboxylic acids is 3. The van der Waals surface area contributed by atoms with Gasteiger partial charge in [-0.25, -0.2) is 9.78 Å². The quantitative estimate of drug-likeness (QED) is 0.0100. The second kappa shape index (κ2) is 53.5. The van der Waals surface area contributed by atoms with Crippen molar-refractivity contribution in [3.8, 4) is 5.75 Å². The van der Waals surface area contributed by atoms with Crippen LogP contribution in [0.5, 0.6) is 5.75 Å². The molecule has 0 spiro atoms. The first-order valence-corrected chi connectivity index (χ1v) is 43.7. The fourth-order valence-electron chi connectivity index (χ4n) is 14.5. The lowest BCUT2D eigenvalue weighted by atomic mass is 9.95. The average molecular weight is 1850 g/mol. The number of hydrogen-bond acceptors (Lipinski definition) is 24. The molecule has 3 aromatic carbocycles. The van der Waals surface area contributed by atoms with E-state index in [1.807, 2.05) is 0 Å². The number of amides is 14. The summed E-state index contributed by atoms with van der Waals surface area (Å²) in [5.74, 6) is -20.7. The number of aromatic amines is 2. The van der Waals surface area contributed by atoms with Gasteiger partial charge in [0.15, 0.2) is 5.96 Å². The van der Waals surface area contributed by atoms with Gasteiger partial charge in [0.2, 0.25) is 82.7 Å². The summed E-state index contributed by atoms with van der Waals surface area (Å²) in [6.07, 6.45) is 0.0950. The number of H-pyrrole nitrogens is 2. The molecule has 132 heavy (non-hydrogen) atoms. The molecule has 0 unspecified atom stereocenters. The first kappa shape index (κ1) is 107. The highest BCUT2D eigenvalue weighted by molar-refractivity contribution is 6.01. The van der Waals surface area contributed by atoms with E-state index in [-0.39, 0.29) is 108 Å². The zero-order chi connectivity index (χ0) is 97.6. The van der Waals surface area contributed by atoms with Crippen LogP contribution in [-0.4, -0.2) is 281 Å². The largest absolute Gasteiger partial charge is 0.508 e. The smallest absolute Gasteiger partial charge is 0.326 e. The summed E-state index contributed by atoms with van der Waals surface area (Å²) in [5.41, 5.74) is 19.4. The van der Waals surface area contributed by atoms with Crippen LogP contribution in [0.1, 0.15) is 148 Å². The van der Waals surface area contributed by atoms with Gasteiger partial charge in [-0.1, -0.05) is 109 Å². The van der Waals surface area contributed by atoms with E-state index in [2.05, 4.69) is 89.4 Å². The Balaban J connectivity index is 1.17. The third-order valence-corrected chi connectivity index (χ3v) is 22.0. The maximum absolute atomic E-state index is 15.1. The van der Waals surface area contributed by atoms with Crippen molar-refractivity contribution in [2.24, 2.45) is 35.0 Å². The molecule has 14 amide bonds. The Labute approximate surface area is 761 Å². The van der Waals surface area contributed by atoms with Crippen molar-refractivity contribution in [2.75, 3.05) is 32.8 Å². The molecule has 1 fully saturated rings. The van der Waals surface area contributed by atoms with Gasteiger partial charge in [-0.2, -0.15) is 0 Å². The van der Waals surface area contributed by atoms with Gasteiger partial charge in [0, 0.05) is 68.5 Å². The summed E-state index contributed by atoms with van der Waals surface area (Å²) in [7, 11) is 0. The zero-order valence-corrected chi connectivity index (χ0v) is 74.7. The number of carboxylic acid groups (broad SMARTS) is 3. The van der Waals surface area contributed by atoms with E-state index in [0.29, 0.717) is 39.7 Å². The van der Waals surface area contributed by atoms with Gasteiger partial charge in [-0.05, 0) is 124 Å². The first-order chi connectivity index (χ1) is 62.6. The minimum Gasteiger partial charge on any atom is -0.508 e. The normalized spacial score (nSPS) is 15.8. The summed E-state index contributed by atoms with van der Waals surface area (Å²) in [6.45, 7) is 9.26. The van der Waals surface area contributed by atoms with E-state index >= 15 is 9.59 Å². The van der Waals surface area contributed by atoms with Gasteiger partial charge in [-0.3, -0.25) is 82.1 Å². The third kappa shape index (κ3) is 34.6. The van der Waals surface area contributed by atoms with Crippen LogP contribution in [0.4, 0.5) is 0 Å². The Morgan fingerprint density at radius 2 is 1.07 bits per heavy atom. The van der Waals surface area contributed by atoms with E-state index < -0.39 is 242 Å². The van der Waals surface area contributed by atoms with E-state index in [9.17, 15) is 103 Å². The van der Waals surface area contributed by atoms with Crippen molar-refractivity contribution >= 4 is 117 Å². The Bertz CT molecular complexity index is 4770. The number of unbranched alkanes of at least 4 members (excludes halogenated alkanes) is 1. The predicted molar refractivity (Wildman–Crippen MR) is 476 cm³/mol. The predicted octanol–water partition coefficient (Wildman–Crippen LogP) is -3.94. The molecule has 29 N–H and O–H groups in total. The molecular weight excluding hydrogens is 1720 g/mol.